The molecule has 1 fully saturated rings. The van der Waals surface area contributed by atoms with Crippen molar-refractivity contribution in [2.75, 3.05) is 26.4 Å². The second-order valence-electron chi connectivity index (χ2n) is 5.95. The summed E-state index contributed by atoms with van der Waals surface area (Å²) in [5, 5.41) is 2.94. The topological polar surface area (TPSA) is 47.6 Å². The normalized spacial score (nSPS) is 16.4. The Bertz CT molecular complexity index is 481. The third-order valence-electron chi connectivity index (χ3n) is 3.54. The molecule has 0 bridgehead atoms. The van der Waals surface area contributed by atoms with Crippen LogP contribution in [-0.2, 0) is 9.53 Å². The Kier molecular flexibility index (Phi) is 4.65. The summed E-state index contributed by atoms with van der Waals surface area (Å²) in [6.45, 7) is 8.69. The van der Waals surface area contributed by atoms with Gasteiger partial charge in [-0.05, 0) is 31.0 Å². The lowest BCUT2D eigenvalue weighted by molar-refractivity contribution is -0.127. The van der Waals surface area contributed by atoms with E-state index in [9.17, 15) is 4.79 Å². The summed E-state index contributed by atoms with van der Waals surface area (Å²) in [5.74, 6) is 0.889. The zero-order chi connectivity index (χ0) is 14.6. The number of ether oxygens (including phenoxy) is 2. The number of carbonyl (C=O) groups is 1. The summed E-state index contributed by atoms with van der Waals surface area (Å²) in [5.41, 5.74) is 2.37. The van der Waals surface area contributed by atoms with Gasteiger partial charge in [-0.15, -0.1) is 0 Å². The summed E-state index contributed by atoms with van der Waals surface area (Å²) in [7, 11) is 0. The monoisotopic (exact) mass is 277 g/mol. The second-order valence-corrected chi connectivity index (χ2v) is 5.95. The fourth-order valence-electron chi connectivity index (χ4n) is 2.07. The van der Waals surface area contributed by atoms with Crippen molar-refractivity contribution in [2.24, 2.45) is 5.41 Å². The fraction of sp³-hybridized carbons (Fsp3) is 0.562. The van der Waals surface area contributed by atoms with Crippen LogP contribution in [0.25, 0.3) is 0 Å². The average Bonchev–Trinajstić information content (AvgIpc) is 2.38. The first-order valence-corrected chi connectivity index (χ1v) is 7.03. The first kappa shape index (κ1) is 14.9. The summed E-state index contributed by atoms with van der Waals surface area (Å²) in [4.78, 5) is 11.7. The molecule has 0 saturated carbocycles. The Morgan fingerprint density at radius 3 is 2.80 bits per heavy atom. The molecule has 0 aromatic heterocycles. The highest BCUT2D eigenvalue weighted by atomic mass is 16.5. The molecule has 0 atom stereocenters. The molecule has 110 valence electrons. The van der Waals surface area contributed by atoms with Crippen molar-refractivity contribution in [1.29, 1.82) is 0 Å². The number of amides is 1. The molecule has 1 aliphatic heterocycles. The number of hydrogen-bond donors (Lipinski definition) is 1. The Morgan fingerprint density at radius 2 is 2.15 bits per heavy atom. The van der Waals surface area contributed by atoms with Crippen LogP contribution in [0, 0.1) is 19.3 Å². The maximum absolute atomic E-state index is 11.7. The van der Waals surface area contributed by atoms with E-state index >= 15 is 0 Å². The number of carbonyl (C=O) groups excluding carboxylic acids is 1. The van der Waals surface area contributed by atoms with E-state index in [1.54, 1.807) is 0 Å². The van der Waals surface area contributed by atoms with Gasteiger partial charge in [0.2, 0.25) is 5.91 Å². The third kappa shape index (κ3) is 3.97. The van der Waals surface area contributed by atoms with Gasteiger partial charge in [0.05, 0.1) is 26.2 Å². The van der Waals surface area contributed by atoms with E-state index in [1.165, 1.54) is 0 Å². The molecule has 1 aromatic carbocycles. The molecule has 4 heteroatoms. The Morgan fingerprint density at radius 1 is 1.40 bits per heavy atom. The van der Waals surface area contributed by atoms with Crippen LogP contribution in [0.4, 0.5) is 0 Å². The summed E-state index contributed by atoms with van der Waals surface area (Å²) >= 11 is 0. The van der Waals surface area contributed by atoms with Crippen molar-refractivity contribution in [1.82, 2.24) is 5.32 Å². The summed E-state index contributed by atoms with van der Waals surface area (Å²) in [6.07, 6.45) is 0.379. The van der Waals surface area contributed by atoms with Crippen molar-refractivity contribution in [2.45, 2.75) is 27.2 Å². The molecule has 1 heterocycles. The van der Waals surface area contributed by atoms with Crippen LogP contribution >= 0.6 is 0 Å². The van der Waals surface area contributed by atoms with Gasteiger partial charge in [0.25, 0.3) is 0 Å². The molecule has 0 aliphatic carbocycles. The van der Waals surface area contributed by atoms with Gasteiger partial charge >= 0.3 is 0 Å². The predicted octanol–water partition coefficient (Wildman–Crippen LogP) is 2.23. The van der Waals surface area contributed by atoms with Gasteiger partial charge in [-0.3, -0.25) is 4.79 Å². The van der Waals surface area contributed by atoms with Crippen molar-refractivity contribution in [3.63, 3.8) is 0 Å². The van der Waals surface area contributed by atoms with Crippen LogP contribution in [0.3, 0.4) is 0 Å². The predicted molar refractivity (Wildman–Crippen MR) is 78.0 cm³/mol. The lowest BCUT2D eigenvalue weighted by Crippen LogP contribution is -2.48. The van der Waals surface area contributed by atoms with Gasteiger partial charge in [-0.2, -0.15) is 0 Å². The van der Waals surface area contributed by atoms with E-state index in [1.807, 2.05) is 26.0 Å². The fourth-order valence-corrected chi connectivity index (χ4v) is 2.07. The zero-order valence-electron chi connectivity index (χ0n) is 12.5. The number of benzene rings is 1. The van der Waals surface area contributed by atoms with Gasteiger partial charge in [0.1, 0.15) is 5.75 Å². The van der Waals surface area contributed by atoms with E-state index < -0.39 is 0 Å². The van der Waals surface area contributed by atoms with Gasteiger partial charge in [0.15, 0.2) is 0 Å². The maximum Gasteiger partial charge on any atom is 0.223 e. The Hall–Kier alpha value is -1.55. The van der Waals surface area contributed by atoms with Gasteiger partial charge in [-0.25, -0.2) is 0 Å². The molecule has 0 spiro atoms. The highest BCUT2D eigenvalue weighted by Crippen LogP contribution is 2.25. The lowest BCUT2D eigenvalue weighted by Gasteiger charge is -2.38. The standard InChI is InChI=1S/C16H23NO3/c1-12-4-5-13(2)14(8-12)20-7-6-15(18)17-9-16(3)10-19-11-16/h4-5,8H,6-7,9-11H2,1-3H3,(H,17,18). The average molecular weight is 277 g/mol. The van der Waals surface area contributed by atoms with E-state index in [-0.39, 0.29) is 11.3 Å². The van der Waals surface area contributed by atoms with Crippen LogP contribution in [0.15, 0.2) is 18.2 Å². The lowest BCUT2D eigenvalue weighted by atomic mass is 9.89. The smallest absolute Gasteiger partial charge is 0.223 e. The number of rotatable bonds is 6. The van der Waals surface area contributed by atoms with Gasteiger partial charge < -0.3 is 14.8 Å². The molecule has 1 N–H and O–H groups in total. The molecule has 1 saturated heterocycles. The van der Waals surface area contributed by atoms with Crippen molar-refractivity contribution < 1.29 is 14.3 Å². The van der Waals surface area contributed by atoms with Crippen LogP contribution in [0.1, 0.15) is 24.5 Å². The summed E-state index contributed by atoms with van der Waals surface area (Å²) in [6, 6.07) is 6.08. The highest BCUT2D eigenvalue weighted by Gasteiger charge is 2.33. The zero-order valence-corrected chi connectivity index (χ0v) is 12.5. The van der Waals surface area contributed by atoms with Crippen LogP contribution < -0.4 is 10.1 Å². The van der Waals surface area contributed by atoms with Crippen LogP contribution in [-0.4, -0.2) is 32.3 Å². The summed E-state index contributed by atoms with van der Waals surface area (Å²) < 4.78 is 10.8. The number of hydrogen-bond acceptors (Lipinski definition) is 3. The SMILES string of the molecule is Cc1ccc(C)c(OCCC(=O)NCC2(C)COC2)c1. The number of aryl methyl sites for hydroxylation is 2. The molecular formula is C16H23NO3. The highest BCUT2D eigenvalue weighted by molar-refractivity contribution is 5.76. The minimum absolute atomic E-state index is 0.0310. The first-order valence-electron chi connectivity index (χ1n) is 7.03. The minimum atomic E-state index is 0.0310. The quantitative estimate of drug-likeness (QED) is 0.867. The van der Waals surface area contributed by atoms with Gasteiger partial charge in [0, 0.05) is 12.0 Å². The minimum Gasteiger partial charge on any atom is -0.493 e. The first-order chi connectivity index (χ1) is 9.48. The van der Waals surface area contributed by atoms with Gasteiger partial charge in [-0.1, -0.05) is 19.1 Å². The number of nitrogens with one attached hydrogen (secondary N) is 1. The second kappa shape index (κ2) is 6.27. The van der Waals surface area contributed by atoms with E-state index in [0.717, 1.165) is 30.1 Å². The van der Waals surface area contributed by atoms with E-state index in [2.05, 4.69) is 18.3 Å². The molecule has 1 amide bonds. The molecule has 2 rings (SSSR count). The van der Waals surface area contributed by atoms with Crippen molar-refractivity contribution >= 4 is 5.91 Å². The Balaban J connectivity index is 1.69. The Labute approximate surface area is 120 Å². The largest absolute Gasteiger partial charge is 0.493 e. The van der Waals surface area contributed by atoms with Crippen LogP contribution in [0.5, 0.6) is 5.75 Å². The molecular weight excluding hydrogens is 254 g/mol. The van der Waals surface area contributed by atoms with E-state index in [4.69, 9.17) is 9.47 Å². The van der Waals surface area contributed by atoms with E-state index in [0.29, 0.717) is 19.6 Å². The molecule has 1 aromatic rings. The molecule has 0 radical (unpaired) electrons. The molecule has 20 heavy (non-hydrogen) atoms. The van der Waals surface area contributed by atoms with Crippen molar-refractivity contribution in [3.05, 3.63) is 29.3 Å². The third-order valence-corrected chi connectivity index (χ3v) is 3.54. The molecule has 0 unspecified atom stereocenters. The molecule has 1 aliphatic rings. The molecule has 4 nitrogen and oxygen atoms in total. The van der Waals surface area contributed by atoms with Crippen molar-refractivity contribution in [3.8, 4) is 5.75 Å². The maximum atomic E-state index is 11.7. The van der Waals surface area contributed by atoms with Crippen LogP contribution in [0.2, 0.25) is 0 Å².